The number of ether oxygens (including phenoxy) is 1. The molecule has 0 radical (unpaired) electrons. The van der Waals surface area contributed by atoms with Crippen LogP contribution in [0.4, 0.5) is 9.18 Å². The Morgan fingerprint density at radius 3 is 2.41 bits per heavy atom. The van der Waals surface area contributed by atoms with Crippen LogP contribution in [0.3, 0.4) is 0 Å². The maximum absolute atomic E-state index is 13.0. The molecular weight excluding hydrogens is 459 g/mol. The number of nitrogens with zero attached hydrogens (tertiary/aromatic N) is 1. The van der Waals surface area contributed by atoms with Crippen molar-refractivity contribution in [3.8, 4) is 0 Å². The van der Waals surface area contributed by atoms with Crippen LogP contribution in [-0.2, 0) is 19.6 Å². The van der Waals surface area contributed by atoms with Crippen LogP contribution in [0.1, 0.15) is 22.8 Å². The molecule has 1 fully saturated rings. The van der Waals surface area contributed by atoms with Gasteiger partial charge in [-0.1, -0.05) is 12.1 Å². The monoisotopic (exact) mass is 478 g/mol. The largest absolute Gasteiger partial charge is 0.462 e. The fourth-order valence-corrected chi connectivity index (χ4v) is 4.65. The van der Waals surface area contributed by atoms with Crippen LogP contribution in [0.15, 0.2) is 58.3 Å². The lowest BCUT2D eigenvalue weighted by Crippen LogP contribution is -2.37. The zero-order chi connectivity index (χ0) is 23.3. The average molecular weight is 479 g/mol. The van der Waals surface area contributed by atoms with Crippen LogP contribution in [0.5, 0.6) is 0 Å². The average Bonchev–Trinajstić information content (AvgIpc) is 3.03. The van der Waals surface area contributed by atoms with Crippen molar-refractivity contribution < 1.29 is 31.9 Å². The Kier molecular flexibility index (Phi) is 7.44. The van der Waals surface area contributed by atoms with E-state index in [4.69, 9.17) is 4.74 Å². The standard InChI is InChI=1S/C21H19FN2O6S2/c1-2-30-20(26)15-5-9-17(10-6-15)32(28,29)23-11-12-24-19(25)18(31-21(24)27)13-14-3-7-16(22)8-4-14/h3-10,13,23H,2,11-12H2,1H3/b18-13-. The molecule has 2 aromatic carbocycles. The normalized spacial score (nSPS) is 15.4. The zero-order valence-corrected chi connectivity index (χ0v) is 18.5. The number of nitrogens with one attached hydrogen (secondary N) is 1. The second-order valence-corrected chi connectivity index (χ2v) is 9.29. The lowest BCUT2D eigenvalue weighted by Gasteiger charge is -2.13. The molecule has 1 aliphatic rings. The molecule has 1 heterocycles. The summed E-state index contributed by atoms with van der Waals surface area (Å²) in [5.41, 5.74) is 0.778. The molecule has 1 N–H and O–H groups in total. The molecule has 1 aliphatic heterocycles. The van der Waals surface area contributed by atoms with Gasteiger partial charge >= 0.3 is 5.97 Å². The Balaban J connectivity index is 1.60. The van der Waals surface area contributed by atoms with Crippen molar-refractivity contribution in [3.63, 3.8) is 0 Å². The Hall–Kier alpha value is -3.02. The fraction of sp³-hybridized carbons (Fsp3) is 0.190. The Labute approximate surface area is 188 Å². The first-order valence-electron chi connectivity index (χ1n) is 9.49. The van der Waals surface area contributed by atoms with Crippen LogP contribution >= 0.6 is 11.8 Å². The summed E-state index contributed by atoms with van der Waals surface area (Å²) in [7, 11) is -3.92. The number of carbonyl (C=O) groups is 3. The van der Waals surface area contributed by atoms with Crippen molar-refractivity contribution >= 4 is 45.0 Å². The molecule has 32 heavy (non-hydrogen) atoms. The van der Waals surface area contributed by atoms with Crippen molar-refractivity contribution in [2.24, 2.45) is 0 Å². The summed E-state index contributed by atoms with van der Waals surface area (Å²) in [6, 6.07) is 10.6. The van der Waals surface area contributed by atoms with Gasteiger partial charge in [-0.3, -0.25) is 14.5 Å². The summed E-state index contributed by atoms with van der Waals surface area (Å²) < 4.78 is 45.1. The molecule has 2 amide bonds. The van der Waals surface area contributed by atoms with Gasteiger partial charge in [-0.25, -0.2) is 22.3 Å². The van der Waals surface area contributed by atoms with E-state index in [1.807, 2.05) is 0 Å². The summed E-state index contributed by atoms with van der Waals surface area (Å²) in [4.78, 5) is 37.3. The van der Waals surface area contributed by atoms with Crippen molar-refractivity contribution in [3.05, 3.63) is 70.4 Å². The van der Waals surface area contributed by atoms with Gasteiger partial charge in [0, 0.05) is 13.1 Å². The number of imide groups is 1. The van der Waals surface area contributed by atoms with Crippen LogP contribution < -0.4 is 4.72 Å². The van der Waals surface area contributed by atoms with Gasteiger partial charge in [0.2, 0.25) is 10.0 Å². The maximum Gasteiger partial charge on any atom is 0.338 e. The molecule has 1 saturated heterocycles. The van der Waals surface area contributed by atoms with E-state index < -0.39 is 33.0 Å². The van der Waals surface area contributed by atoms with Crippen molar-refractivity contribution in [1.29, 1.82) is 0 Å². The highest BCUT2D eigenvalue weighted by atomic mass is 32.2. The summed E-state index contributed by atoms with van der Waals surface area (Å²) in [6.07, 6.45) is 1.47. The molecule has 0 aromatic heterocycles. The smallest absolute Gasteiger partial charge is 0.338 e. The molecule has 2 aromatic rings. The SMILES string of the molecule is CCOC(=O)c1ccc(S(=O)(=O)NCCN2C(=O)S/C(=C\c3ccc(F)cc3)C2=O)cc1. The molecule has 0 saturated carbocycles. The Morgan fingerprint density at radius 2 is 1.78 bits per heavy atom. The number of carbonyl (C=O) groups excluding carboxylic acids is 3. The number of hydrogen-bond acceptors (Lipinski definition) is 7. The predicted molar refractivity (Wildman–Crippen MR) is 117 cm³/mol. The maximum atomic E-state index is 13.0. The molecule has 8 nitrogen and oxygen atoms in total. The lowest BCUT2D eigenvalue weighted by molar-refractivity contribution is -0.122. The minimum absolute atomic E-state index is 0.0732. The number of halogens is 1. The van der Waals surface area contributed by atoms with Gasteiger partial charge in [-0.15, -0.1) is 0 Å². The third-order valence-corrected chi connectivity index (χ3v) is 6.73. The second kappa shape index (κ2) is 10.1. The first kappa shape index (κ1) is 23.6. The topological polar surface area (TPSA) is 110 Å². The summed E-state index contributed by atoms with van der Waals surface area (Å²) >= 11 is 0.727. The number of thioether (sulfide) groups is 1. The van der Waals surface area contributed by atoms with Crippen molar-refractivity contribution in [2.45, 2.75) is 11.8 Å². The minimum Gasteiger partial charge on any atom is -0.462 e. The van der Waals surface area contributed by atoms with Gasteiger partial charge in [0.05, 0.1) is 22.0 Å². The number of rotatable bonds is 8. The second-order valence-electron chi connectivity index (χ2n) is 6.53. The van der Waals surface area contributed by atoms with Gasteiger partial charge in [0.15, 0.2) is 0 Å². The minimum atomic E-state index is -3.92. The van der Waals surface area contributed by atoms with Gasteiger partial charge in [-0.05, 0) is 66.7 Å². The Bertz CT molecular complexity index is 1160. The van der Waals surface area contributed by atoms with Crippen LogP contribution in [-0.4, -0.2) is 50.1 Å². The summed E-state index contributed by atoms with van der Waals surface area (Å²) in [5, 5.41) is -0.527. The molecule has 11 heteroatoms. The molecule has 168 valence electrons. The first-order valence-corrected chi connectivity index (χ1v) is 11.8. The highest BCUT2D eigenvalue weighted by molar-refractivity contribution is 8.18. The number of benzene rings is 2. The van der Waals surface area contributed by atoms with Gasteiger partial charge < -0.3 is 4.74 Å². The van der Waals surface area contributed by atoms with E-state index in [1.54, 1.807) is 6.92 Å². The van der Waals surface area contributed by atoms with Crippen LogP contribution in [0.25, 0.3) is 6.08 Å². The van der Waals surface area contributed by atoms with Crippen molar-refractivity contribution in [1.82, 2.24) is 9.62 Å². The first-order chi connectivity index (χ1) is 15.2. The third kappa shape index (κ3) is 5.61. The molecule has 0 spiro atoms. The number of esters is 1. The molecule has 0 atom stereocenters. The number of sulfonamides is 1. The van der Waals surface area contributed by atoms with E-state index in [2.05, 4.69) is 4.72 Å². The van der Waals surface area contributed by atoms with Gasteiger partial charge in [0.1, 0.15) is 5.82 Å². The molecule has 0 aliphatic carbocycles. The van der Waals surface area contributed by atoms with E-state index in [1.165, 1.54) is 54.6 Å². The van der Waals surface area contributed by atoms with E-state index in [-0.39, 0.29) is 35.1 Å². The van der Waals surface area contributed by atoms with Crippen molar-refractivity contribution in [2.75, 3.05) is 19.7 Å². The van der Waals surface area contributed by atoms with Crippen LogP contribution in [0, 0.1) is 5.82 Å². The highest BCUT2D eigenvalue weighted by Crippen LogP contribution is 2.31. The number of hydrogen-bond donors (Lipinski definition) is 1. The van der Waals surface area contributed by atoms with Crippen LogP contribution in [0.2, 0.25) is 0 Å². The molecule has 3 rings (SSSR count). The predicted octanol–water partition coefficient (Wildman–Crippen LogP) is 3.02. The van der Waals surface area contributed by atoms with Gasteiger partial charge in [0.25, 0.3) is 11.1 Å². The zero-order valence-electron chi connectivity index (χ0n) is 16.9. The Morgan fingerprint density at radius 1 is 1.12 bits per heavy atom. The lowest BCUT2D eigenvalue weighted by atomic mass is 10.2. The van der Waals surface area contributed by atoms with E-state index in [0.29, 0.717) is 5.56 Å². The summed E-state index contributed by atoms with van der Waals surface area (Å²) in [5.74, 6) is -1.53. The molecule has 0 unspecified atom stereocenters. The summed E-state index contributed by atoms with van der Waals surface area (Å²) in [6.45, 7) is 1.51. The van der Waals surface area contributed by atoms with E-state index in [9.17, 15) is 27.2 Å². The molecule has 0 bridgehead atoms. The highest BCUT2D eigenvalue weighted by Gasteiger charge is 2.34. The quantitative estimate of drug-likeness (QED) is 0.459. The van der Waals surface area contributed by atoms with E-state index >= 15 is 0 Å². The number of amides is 2. The van der Waals surface area contributed by atoms with Gasteiger partial charge in [-0.2, -0.15) is 0 Å². The fourth-order valence-electron chi connectivity index (χ4n) is 2.76. The molecular formula is C21H19FN2O6S2. The van der Waals surface area contributed by atoms with E-state index in [0.717, 1.165) is 16.7 Å². The third-order valence-electron chi connectivity index (χ3n) is 4.34.